The Labute approximate surface area is 113 Å². The van der Waals surface area contributed by atoms with Gasteiger partial charge in [-0.1, -0.05) is 0 Å². The maximum absolute atomic E-state index is 10.4. The first-order valence-corrected chi connectivity index (χ1v) is 6.11. The highest BCUT2D eigenvalue weighted by Gasteiger charge is 2.54. The first kappa shape index (κ1) is 13.3. The molecule has 0 saturated carbocycles. The van der Waals surface area contributed by atoms with Gasteiger partial charge in [-0.15, -0.1) is 0 Å². The molecule has 3 heterocycles. The zero-order valence-electron chi connectivity index (χ0n) is 10.7. The van der Waals surface area contributed by atoms with E-state index in [1.807, 2.05) is 0 Å². The zero-order valence-corrected chi connectivity index (χ0v) is 10.7. The van der Waals surface area contributed by atoms with E-state index in [-0.39, 0.29) is 11.6 Å². The first-order valence-electron chi connectivity index (χ1n) is 6.11. The fourth-order valence-corrected chi connectivity index (χ4v) is 2.47. The molecule has 0 amide bonds. The van der Waals surface area contributed by atoms with Gasteiger partial charge in [0.05, 0.1) is 12.0 Å². The van der Waals surface area contributed by atoms with Crippen LogP contribution in [-0.2, 0) is 4.74 Å². The van der Waals surface area contributed by atoms with Crippen LogP contribution in [0.25, 0.3) is 10.9 Å². The van der Waals surface area contributed by atoms with E-state index in [0.29, 0.717) is 10.9 Å². The number of nitrogens with zero attached hydrogens (tertiary/aromatic N) is 2. The first-order chi connectivity index (χ1) is 9.46. The SMILES string of the molecule is CC1(O)C(c2occ3c(N)ncnc23)OC(CO)C1O. The Morgan fingerprint density at radius 2 is 2.20 bits per heavy atom. The van der Waals surface area contributed by atoms with E-state index in [4.69, 9.17) is 20.0 Å². The molecule has 20 heavy (non-hydrogen) atoms. The van der Waals surface area contributed by atoms with Gasteiger partial charge in [0.1, 0.15) is 47.8 Å². The van der Waals surface area contributed by atoms with Gasteiger partial charge < -0.3 is 30.2 Å². The molecule has 0 bridgehead atoms. The fourth-order valence-electron chi connectivity index (χ4n) is 2.47. The molecule has 1 saturated heterocycles. The van der Waals surface area contributed by atoms with Crippen molar-refractivity contribution in [2.45, 2.75) is 30.8 Å². The standard InChI is InChI=1S/C12H15N3O5/c1-12(18)9(17)6(2-16)20-10(12)8-7-5(3-19-8)11(13)15-4-14-7/h3-4,6,9-10,16-18H,2H2,1H3,(H2,13,14,15). The van der Waals surface area contributed by atoms with Crippen molar-refractivity contribution in [1.82, 2.24) is 9.97 Å². The van der Waals surface area contributed by atoms with Crippen LogP contribution in [0.3, 0.4) is 0 Å². The second kappa shape index (κ2) is 4.38. The molecule has 4 atom stereocenters. The molecule has 2 aromatic rings. The molecular formula is C12H15N3O5. The molecule has 4 unspecified atom stereocenters. The van der Waals surface area contributed by atoms with Gasteiger partial charge in [0.25, 0.3) is 0 Å². The molecule has 2 aromatic heterocycles. The number of aromatic nitrogens is 2. The van der Waals surface area contributed by atoms with Crippen LogP contribution in [0.2, 0.25) is 0 Å². The smallest absolute Gasteiger partial charge is 0.162 e. The fraction of sp³-hybridized carbons (Fsp3) is 0.500. The number of aliphatic hydroxyl groups excluding tert-OH is 2. The molecule has 0 aromatic carbocycles. The highest BCUT2D eigenvalue weighted by molar-refractivity contribution is 5.88. The quantitative estimate of drug-likeness (QED) is 0.570. The van der Waals surface area contributed by atoms with Crippen molar-refractivity contribution in [3.63, 3.8) is 0 Å². The lowest BCUT2D eigenvalue weighted by atomic mass is 9.91. The number of nitrogen functional groups attached to an aromatic ring is 1. The molecule has 0 aliphatic carbocycles. The van der Waals surface area contributed by atoms with Crippen LogP contribution >= 0.6 is 0 Å². The summed E-state index contributed by atoms with van der Waals surface area (Å²) >= 11 is 0. The van der Waals surface area contributed by atoms with Crippen molar-refractivity contribution in [1.29, 1.82) is 0 Å². The summed E-state index contributed by atoms with van der Waals surface area (Å²) in [4.78, 5) is 7.91. The molecule has 0 radical (unpaired) electrons. The maximum Gasteiger partial charge on any atom is 0.162 e. The van der Waals surface area contributed by atoms with Gasteiger partial charge in [0.15, 0.2) is 5.76 Å². The number of hydrogen-bond donors (Lipinski definition) is 4. The molecule has 108 valence electrons. The van der Waals surface area contributed by atoms with Crippen molar-refractivity contribution >= 4 is 16.7 Å². The lowest BCUT2D eigenvalue weighted by Gasteiger charge is -2.25. The van der Waals surface area contributed by atoms with Gasteiger partial charge in [0.2, 0.25) is 0 Å². The lowest BCUT2D eigenvalue weighted by molar-refractivity contribution is -0.0708. The van der Waals surface area contributed by atoms with Gasteiger partial charge in [-0.25, -0.2) is 9.97 Å². The van der Waals surface area contributed by atoms with Crippen LogP contribution in [0.1, 0.15) is 18.8 Å². The average molecular weight is 281 g/mol. The molecule has 0 spiro atoms. The minimum Gasteiger partial charge on any atom is -0.463 e. The Morgan fingerprint density at radius 1 is 1.45 bits per heavy atom. The lowest BCUT2D eigenvalue weighted by Crippen LogP contribution is -2.42. The van der Waals surface area contributed by atoms with E-state index in [1.165, 1.54) is 19.5 Å². The van der Waals surface area contributed by atoms with Crippen LogP contribution in [0.15, 0.2) is 17.0 Å². The molecule has 8 heteroatoms. The molecule has 1 aliphatic heterocycles. The van der Waals surface area contributed by atoms with Crippen LogP contribution in [0, 0.1) is 0 Å². The minimum absolute atomic E-state index is 0.245. The molecule has 3 rings (SSSR count). The Morgan fingerprint density at radius 3 is 2.85 bits per heavy atom. The number of furan rings is 1. The van der Waals surface area contributed by atoms with Crippen LogP contribution in [0.5, 0.6) is 0 Å². The molecule has 1 aliphatic rings. The van der Waals surface area contributed by atoms with Crippen molar-refractivity contribution in [3.8, 4) is 0 Å². The Balaban J connectivity index is 2.10. The molecule has 8 nitrogen and oxygen atoms in total. The largest absolute Gasteiger partial charge is 0.463 e. The van der Waals surface area contributed by atoms with E-state index in [9.17, 15) is 10.2 Å². The van der Waals surface area contributed by atoms with Gasteiger partial charge >= 0.3 is 0 Å². The number of rotatable bonds is 2. The van der Waals surface area contributed by atoms with Gasteiger partial charge in [0, 0.05) is 0 Å². The van der Waals surface area contributed by atoms with E-state index in [1.54, 1.807) is 0 Å². The maximum atomic E-state index is 10.4. The number of aliphatic hydroxyl groups is 3. The number of anilines is 1. The summed E-state index contributed by atoms with van der Waals surface area (Å²) in [5, 5.41) is 30.1. The van der Waals surface area contributed by atoms with Crippen LogP contribution in [0.4, 0.5) is 5.82 Å². The van der Waals surface area contributed by atoms with Gasteiger partial charge in [-0.2, -0.15) is 0 Å². The second-order valence-electron chi connectivity index (χ2n) is 5.03. The van der Waals surface area contributed by atoms with E-state index >= 15 is 0 Å². The van der Waals surface area contributed by atoms with Crippen LogP contribution < -0.4 is 5.73 Å². The summed E-state index contributed by atoms with van der Waals surface area (Å²) in [6.07, 6.45) is -0.439. The predicted octanol–water partition coefficient (Wildman–Crippen LogP) is -0.651. The second-order valence-corrected chi connectivity index (χ2v) is 5.03. The number of fused-ring (bicyclic) bond motifs is 1. The van der Waals surface area contributed by atoms with E-state index in [2.05, 4.69) is 9.97 Å². The number of nitrogens with two attached hydrogens (primary N) is 1. The summed E-state index contributed by atoms with van der Waals surface area (Å²) in [5.74, 6) is 0.496. The summed E-state index contributed by atoms with van der Waals surface area (Å²) in [5.41, 5.74) is 4.51. The summed E-state index contributed by atoms with van der Waals surface area (Å²) < 4.78 is 10.9. The summed E-state index contributed by atoms with van der Waals surface area (Å²) in [7, 11) is 0. The Kier molecular flexibility index (Phi) is 2.91. The third-order valence-electron chi connectivity index (χ3n) is 3.66. The van der Waals surface area contributed by atoms with Crippen molar-refractivity contribution in [2.24, 2.45) is 0 Å². The number of hydrogen-bond acceptors (Lipinski definition) is 8. The Bertz CT molecular complexity index is 641. The molecular weight excluding hydrogens is 266 g/mol. The predicted molar refractivity (Wildman–Crippen MR) is 67.5 cm³/mol. The van der Waals surface area contributed by atoms with E-state index < -0.39 is 30.5 Å². The third kappa shape index (κ3) is 1.70. The molecule has 1 fully saturated rings. The van der Waals surface area contributed by atoms with Crippen molar-refractivity contribution in [3.05, 3.63) is 18.4 Å². The zero-order chi connectivity index (χ0) is 14.5. The normalized spacial score (nSPS) is 33.9. The highest BCUT2D eigenvalue weighted by atomic mass is 16.6. The highest BCUT2D eigenvalue weighted by Crippen LogP contribution is 2.44. The average Bonchev–Trinajstić information content (AvgIpc) is 2.92. The number of ether oxygens (including phenoxy) is 1. The Hall–Kier alpha value is -1.74. The monoisotopic (exact) mass is 281 g/mol. The van der Waals surface area contributed by atoms with Crippen molar-refractivity contribution < 1.29 is 24.5 Å². The van der Waals surface area contributed by atoms with Gasteiger partial charge in [-0.05, 0) is 6.92 Å². The van der Waals surface area contributed by atoms with Gasteiger partial charge in [-0.3, -0.25) is 0 Å². The third-order valence-corrected chi connectivity index (χ3v) is 3.66. The minimum atomic E-state index is -1.61. The topological polar surface area (TPSA) is 135 Å². The summed E-state index contributed by atoms with van der Waals surface area (Å²) in [6.45, 7) is 1.00. The van der Waals surface area contributed by atoms with E-state index in [0.717, 1.165) is 0 Å². The summed E-state index contributed by atoms with van der Waals surface area (Å²) in [6, 6.07) is 0. The van der Waals surface area contributed by atoms with Crippen LogP contribution in [-0.4, -0.2) is 49.7 Å². The van der Waals surface area contributed by atoms with Crippen molar-refractivity contribution in [2.75, 3.05) is 12.3 Å². The molecule has 5 N–H and O–H groups in total.